The van der Waals surface area contributed by atoms with Gasteiger partial charge in [-0.3, -0.25) is 4.79 Å². The monoisotopic (exact) mass is 462 g/mol. The van der Waals surface area contributed by atoms with Gasteiger partial charge in [0.25, 0.3) is 5.91 Å². The molecular formula is C27H30N2O3S. The van der Waals surface area contributed by atoms with Crippen LogP contribution in [0.1, 0.15) is 63.2 Å². The number of aromatic hydroxyl groups is 1. The van der Waals surface area contributed by atoms with Gasteiger partial charge in [0.15, 0.2) is 11.5 Å². The number of aryl methyl sites for hydroxylation is 2. The van der Waals surface area contributed by atoms with Gasteiger partial charge in [0.1, 0.15) is 5.00 Å². The van der Waals surface area contributed by atoms with E-state index in [9.17, 15) is 9.90 Å². The Morgan fingerprint density at radius 1 is 1.12 bits per heavy atom. The first kappa shape index (κ1) is 23.1. The molecule has 5 nitrogen and oxygen atoms in total. The fourth-order valence-electron chi connectivity index (χ4n) is 4.21. The summed E-state index contributed by atoms with van der Waals surface area (Å²) in [5.41, 5.74) is 5.70. The fourth-order valence-corrected chi connectivity index (χ4v) is 5.44. The molecule has 2 N–H and O–H groups in total. The van der Waals surface area contributed by atoms with Gasteiger partial charge >= 0.3 is 0 Å². The van der Waals surface area contributed by atoms with Crippen molar-refractivity contribution in [3.63, 3.8) is 0 Å². The molecule has 0 spiro atoms. The summed E-state index contributed by atoms with van der Waals surface area (Å²) >= 11 is 1.62. The summed E-state index contributed by atoms with van der Waals surface area (Å²) in [7, 11) is 1.52. The minimum atomic E-state index is -0.0998. The Labute approximate surface area is 199 Å². The number of hydrogen-bond donors (Lipinski definition) is 2. The van der Waals surface area contributed by atoms with Crippen LogP contribution in [0.5, 0.6) is 11.5 Å². The van der Waals surface area contributed by atoms with Crippen molar-refractivity contribution < 1.29 is 14.6 Å². The van der Waals surface area contributed by atoms with E-state index in [0.29, 0.717) is 11.3 Å². The van der Waals surface area contributed by atoms with E-state index in [4.69, 9.17) is 9.73 Å². The van der Waals surface area contributed by atoms with Crippen molar-refractivity contribution in [2.75, 3.05) is 12.4 Å². The second-order valence-corrected chi connectivity index (χ2v) is 9.57. The number of ether oxygens (including phenoxy) is 1. The van der Waals surface area contributed by atoms with Crippen molar-refractivity contribution in [2.24, 2.45) is 4.99 Å². The molecule has 3 aromatic rings. The number of carbonyl (C=O) groups excluding carboxylic acids is 1. The molecule has 6 heteroatoms. The summed E-state index contributed by atoms with van der Waals surface area (Å²) in [4.78, 5) is 19.6. The molecule has 0 fully saturated rings. The van der Waals surface area contributed by atoms with Gasteiger partial charge in [0, 0.05) is 16.8 Å². The van der Waals surface area contributed by atoms with Crippen molar-refractivity contribution in [1.82, 2.24) is 0 Å². The van der Waals surface area contributed by atoms with Gasteiger partial charge in [0.05, 0.1) is 12.7 Å². The number of benzene rings is 2. The van der Waals surface area contributed by atoms with Crippen LogP contribution in [0.3, 0.4) is 0 Å². The van der Waals surface area contributed by atoms with Gasteiger partial charge < -0.3 is 15.2 Å². The summed E-state index contributed by atoms with van der Waals surface area (Å²) in [5.74, 6) is 0.379. The Balaban J connectivity index is 1.72. The SMILES string of the molecule is COc1cc(C=Nc2sc3c(c2C(=O)Nc2cccc(C)c2C)CCCCCC3)ccc1O. The normalized spacial score (nSPS) is 13.9. The van der Waals surface area contributed by atoms with Crippen molar-refractivity contribution in [3.8, 4) is 11.5 Å². The summed E-state index contributed by atoms with van der Waals surface area (Å²) in [6.45, 7) is 4.08. The predicted octanol–water partition coefficient (Wildman–Crippen LogP) is 6.74. The lowest BCUT2D eigenvalue weighted by Crippen LogP contribution is -2.15. The second-order valence-electron chi connectivity index (χ2n) is 8.49. The number of anilines is 1. The Hall–Kier alpha value is -3.12. The molecule has 0 unspecified atom stereocenters. The lowest BCUT2D eigenvalue weighted by atomic mass is 9.96. The number of amides is 1. The first-order valence-electron chi connectivity index (χ1n) is 11.4. The number of carbonyl (C=O) groups is 1. The lowest BCUT2D eigenvalue weighted by molar-refractivity contribution is 0.102. The molecule has 0 bridgehead atoms. The number of nitrogens with zero attached hydrogens (tertiary/aromatic N) is 1. The molecule has 1 aromatic heterocycles. The Bertz CT molecular complexity index is 1200. The molecule has 1 amide bonds. The van der Waals surface area contributed by atoms with E-state index in [0.717, 1.165) is 58.6 Å². The Morgan fingerprint density at radius 2 is 1.91 bits per heavy atom. The van der Waals surface area contributed by atoms with E-state index in [1.54, 1.807) is 35.8 Å². The molecular weight excluding hydrogens is 432 g/mol. The molecule has 0 radical (unpaired) electrons. The molecule has 0 saturated carbocycles. The molecule has 0 aliphatic heterocycles. The van der Waals surface area contributed by atoms with E-state index < -0.39 is 0 Å². The lowest BCUT2D eigenvalue weighted by Gasteiger charge is -2.13. The summed E-state index contributed by atoms with van der Waals surface area (Å²) < 4.78 is 5.21. The standard InChI is InChI=1S/C27H30N2O3S/c1-17-9-8-11-21(18(17)2)29-26(31)25-20-10-6-4-5-7-12-24(20)33-27(25)28-16-19-13-14-22(30)23(15-19)32-3/h8-9,11,13-16,30H,4-7,10,12H2,1-3H3,(H,29,31). The Morgan fingerprint density at radius 3 is 2.70 bits per heavy atom. The molecule has 2 aromatic carbocycles. The minimum Gasteiger partial charge on any atom is -0.504 e. The highest BCUT2D eigenvalue weighted by molar-refractivity contribution is 7.16. The average Bonchev–Trinajstić information content (AvgIpc) is 3.12. The highest BCUT2D eigenvalue weighted by Gasteiger charge is 2.24. The number of aliphatic imine (C=N–C) groups is 1. The van der Waals surface area contributed by atoms with Crippen LogP contribution in [0.25, 0.3) is 0 Å². The first-order valence-corrected chi connectivity index (χ1v) is 12.2. The van der Waals surface area contributed by atoms with Crippen LogP contribution in [-0.4, -0.2) is 24.3 Å². The summed E-state index contributed by atoms with van der Waals surface area (Å²) in [6.07, 6.45) is 8.29. The molecule has 0 saturated heterocycles. The van der Waals surface area contributed by atoms with Gasteiger partial charge in [0.2, 0.25) is 0 Å². The van der Waals surface area contributed by atoms with Gasteiger partial charge in [-0.05, 0) is 86.1 Å². The van der Waals surface area contributed by atoms with Gasteiger partial charge in [-0.1, -0.05) is 25.0 Å². The van der Waals surface area contributed by atoms with Crippen LogP contribution in [0.4, 0.5) is 10.7 Å². The number of fused-ring (bicyclic) bond motifs is 1. The summed E-state index contributed by atoms with van der Waals surface area (Å²) in [6, 6.07) is 11.1. The number of hydrogen-bond acceptors (Lipinski definition) is 5. The van der Waals surface area contributed by atoms with Crippen LogP contribution in [0.15, 0.2) is 41.4 Å². The van der Waals surface area contributed by atoms with E-state index in [1.165, 1.54) is 24.8 Å². The number of methoxy groups -OCH3 is 1. The van der Waals surface area contributed by atoms with Crippen LogP contribution in [-0.2, 0) is 12.8 Å². The fraction of sp³-hybridized carbons (Fsp3) is 0.333. The van der Waals surface area contributed by atoms with Crippen LogP contribution in [0, 0.1) is 13.8 Å². The highest BCUT2D eigenvalue weighted by atomic mass is 32.1. The third kappa shape index (κ3) is 5.11. The van der Waals surface area contributed by atoms with Gasteiger partial charge in [-0.25, -0.2) is 4.99 Å². The topological polar surface area (TPSA) is 70.9 Å². The molecule has 4 rings (SSSR count). The molecule has 1 heterocycles. The molecule has 1 aliphatic rings. The zero-order valence-corrected chi connectivity index (χ0v) is 20.2. The quantitative estimate of drug-likeness (QED) is 0.412. The zero-order chi connectivity index (χ0) is 23.4. The molecule has 1 aliphatic carbocycles. The number of phenolic OH excluding ortho intramolecular Hbond substituents is 1. The molecule has 172 valence electrons. The maximum Gasteiger partial charge on any atom is 0.259 e. The van der Waals surface area contributed by atoms with Gasteiger partial charge in [-0.2, -0.15) is 0 Å². The number of rotatable bonds is 5. The first-order chi connectivity index (χ1) is 16.0. The van der Waals surface area contributed by atoms with Crippen LogP contribution in [0.2, 0.25) is 0 Å². The third-order valence-corrected chi connectivity index (χ3v) is 7.47. The predicted molar refractivity (Wildman–Crippen MR) is 136 cm³/mol. The van der Waals surface area contributed by atoms with Crippen molar-refractivity contribution in [1.29, 1.82) is 0 Å². The highest BCUT2D eigenvalue weighted by Crippen LogP contribution is 2.39. The van der Waals surface area contributed by atoms with Crippen LogP contribution < -0.4 is 10.1 Å². The van der Waals surface area contributed by atoms with Gasteiger partial charge in [-0.15, -0.1) is 11.3 Å². The van der Waals surface area contributed by atoms with Crippen LogP contribution >= 0.6 is 11.3 Å². The Kier molecular flexibility index (Phi) is 7.14. The van der Waals surface area contributed by atoms with E-state index in [-0.39, 0.29) is 11.7 Å². The van der Waals surface area contributed by atoms with E-state index in [1.807, 2.05) is 32.0 Å². The van der Waals surface area contributed by atoms with Crippen molar-refractivity contribution >= 4 is 34.1 Å². The van der Waals surface area contributed by atoms with Crippen molar-refractivity contribution in [3.05, 3.63) is 69.1 Å². The number of phenols is 1. The zero-order valence-electron chi connectivity index (χ0n) is 19.4. The molecule has 33 heavy (non-hydrogen) atoms. The summed E-state index contributed by atoms with van der Waals surface area (Å²) in [5, 5.41) is 13.7. The average molecular weight is 463 g/mol. The minimum absolute atomic E-state index is 0.0855. The van der Waals surface area contributed by atoms with Crippen molar-refractivity contribution in [2.45, 2.75) is 52.4 Å². The van der Waals surface area contributed by atoms with E-state index in [2.05, 4.69) is 5.32 Å². The molecule has 0 atom stereocenters. The number of thiophene rings is 1. The van der Waals surface area contributed by atoms with E-state index >= 15 is 0 Å². The maximum atomic E-state index is 13.6. The number of nitrogens with one attached hydrogen (secondary N) is 1. The maximum absolute atomic E-state index is 13.6. The largest absolute Gasteiger partial charge is 0.504 e. The third-order valence-electron chi connectivity index (χ3n) is 6.27. The smallest absolute Gasteiger partial charge is 0.259 e. The second kappa shape index (κ2) is 10.2.